The van der Waals surface area contributed by atoms with Crippen molar-refractivity contribution in [2.45, 2.75) is 6.54 Å². The fourth-order valence-electron chi connectivity index (χ4n) is 2.19. The smallest absolute Gasteiger partial charge is 0.269 e. The second kappa shape index (κ2) is 6.05. The van der Waals surface area contributed by atoms with Crippen LogP contribution in [0.15, 0.2) is 53.9 Å². The molecule has 2 aromatic carbocycles. The summed E-state index contributed by atoms with van der Waals surface area (Å²) >= 11 is 1.54. The number of nitrogens with zero attached hydrogens (tertiary/aromatic N) is 2. The van der Waals surface area contributed by atoms with Gasteiger partial charge in [0, 0.05) is 35.2 Å². The summed E-state index contributed by atoms with van der Waals surface area (Å²) in [6.45, 7) is 0.461. The van der Waals surface area contributed by atoms with Crippen molar-refractivity contribution in [3.05, 3.63) is 69.6 Å². The van der Waals surface area contributed by atoms with Gasteiger partial charge in [-0.3, -0.25) is 10.1 Å². The lowest BCUT2D eigenvalue weighted by molar-refractivity contribution is -0.384. The molecular weight excluding hydrogens is 298 g/mol. The number of nitrogens with two attached hydrogens (primary N) is 1. The van der Waals surface area contributed by atoms with E-state index in [0.29, 0.717) is 6.54 Å². The summed E-state index contributed by atoms with van der Waals surface area (Å²) < 4.78 is 0. The molecule has 0 aliphatic rings. The van der Waals surface area contributed by atoms with Gasteiger partial charge in [-0.05, 0) is 17.7 Å². The minimum absolute atomic E-state index is 0.0766. The first kappa shape index (κ1) is 14.4. The Bertz CT molecular complexity index is 812. The number of thiazole rings is 1. The third-order valence-corrected chi connectivity index (χ3v) is 4.22. The predicted octanol–water partition coefficient (Wildman–Crippen LogP) is 3.84. The molecule has 0 fully saturated rings. The molecule has 1 aromatic heterocycles. The molecule has 0 saturated heterocycles. The predicted molar refractivity (Wildman–Crippen MR) is 87.5 cm³/mol. The highest BCUT2D eigenvalue weighted by atomic mass is 32.1. The van der Waals surface area contributed by atoms with Crippen LogP contribution in [0.3, 0.4) is 0 Å². The van der Waals surface area contributed by atoms with Crippen LogP contribution in [0, 0.1) is 10.1 Å². The molecule has 0 radical (unpaired) electrons. The average Bonchev–Trinajstić information content (AvgIpc) is 3.04. The highest BCUT2D eigenvalue weighted by Gasteiger charge is 2.11. The molecular formula is C16H13N3O2S. The van der Waals surface area contributed by atoms with Crippen LogP contribution in [0.4, 0.5) is 5.69 Å². The molecule has 0 atom stereocenters. The topological polar surface area (TPSA) is 82.0 Å². The molecule has 3 aromatic rings. The second-order valence-corrected chi connectivity index (χ2v) is 5.56. The normalized spacial score (nSPS) is 10.6. The number of aromatic nitrogens is 1. The van der Waals surface area contributed by atoms with E-state index in [1.54, 1.807) is 12.1 Å². The number of benzene rings is 2. The largest absolute Gasteiger partial charge is 0.326 e. The van der Waals surface area contributed by atoms with Crippen molar-refractivity contribution >= 4 is 17.0 Å². The van der Waals surface area contributed by atoms with Gasteiger partial charge in [0.2, 0.25) is 0 Å². The standard InChI is InChI=1S/C16H13N3O2S/c17-9-12-3-1-2-4-14(12)16-18-15(10-22-16)11-5-7-13(8-6-11)19(20)21/h1-8,10H,9,17H2. The second-order valence-electron chi connectivity index (χ2n) is 4.70. The van der Waals surface area contributed by atoms with Crippen LogP contribution in [0.1, 0.15) is 5.56 Å². The first-order valence-corrected chi connectivity index (χ1v) is 7.55. The Hall–Kier alpha value is -2.57. The van der Waals surface area contributed by atoms with E-state index in [1.807, 2.05) is 29.6 Å². The van der Waals surface area contributed by atoms with Gasteiger partial charge in [0.25, 0.3) is 5.69 Å². The van der Waals surface area contributed by atoms with E-state index in [4.69, 9.17) is 5.73 Å². The fraction of sp³-hybridized carbons (Fsp3) is 0.0625. The number of non-ortho nitro benzene ring substituents is 1. The van der Waals surface area contributed by atoms with E-state index >= 15 is 0 Å². The highest BCUT2D eigenvalue weighted by Crippen LogP contribution is 2.31. The van der Waals surface area contributed by atoms with Gasteiger partial charge in [-0.2, -0.15) is 0 Å². The lowest BCUT2D eigenvalue weighted by Crippen LogP contribution is -1.98. The molecule has 0 aliphatic heterocycles. The van der Waals surface area contributed by atoms with Crippen molar-refractivity contribution in [1.29, 1.82) is 0 Å². The maximum atomic E-state index is 10.7. The van der Waals surface area contributed by atoms with E-state index in [2.05, 4.69) is 4.98 Å². The summed E-state index contributed by atoms with van der Waals surface area (Å²) in [4.78, 5) is 14.9. The highest BCUT2D eigenvalue weighted by molar-refractivity contribution is 7.13. The minimum atomic E-state index is -0.409. The quantitative estimate of drug-likeness (QED) is 0.586. The maximum Gasteiger partial charge on any atom is 0.269 e. The number of hydrogen-bond acceptors (Lipinski definition) is 5. The van der Waals surface area contributed by atoms with Crippen molar-refractivity contribution in [1.82, 2.24) is 4.98 Å². The average molecular weight is 311 g/mol. The fourth-order valence-corrected chi connectivity index (χ4v) is 3.08. The molecule has 0 aliphatic carbocycles. The number of nitro benzene ring substituents is 1. The van der Waals surface area contributed by atoms with Crippen LogP contribution in [-0.4, -0.2) is 9.91 Å². The van der Waals surface area contributed by atoms with E-state index in [1.165, 1.54) is 23.5 Å². The van der Waals surface area contributed by atoms with Gasteiger partial charge in [0.1, 0.15) is 5.01 Å². The van der Waals surface area contributed by atoms with Crippen LogP contribution >= 0.6 is 11.3 Å². The molecule has 0 spiro atoms. The van der Waals surface area contributed by atoms with Gasteiger partial charge in [-0.1, -0.05) is 24.3 Å². The zero-order valence-electron chi connectivity index (χ0n) is 11.6. The van der Waals surface area contributed by atoms with E-state index in [0.717, 1.165) is 27.4 Å². The number of rotatable bonds is 4. The Morgan fingerprint density at radius 1 is 1.14 bits per heavy atom. The van der Waals surface area contributed by atoms with E-state index in [-0.39, 0.29) is 5.69 Å². The Kier molecular flexibility index (Phi) is 3.95. The van der Waals surface area contributed by atoms with Crippen molar-refractivity contribution in [2.75, 3.05) is 0 Å². The van der Waals surface area contributed by atoms with Gasteiger partial charge in [0.15, 0.2) is 0 Å². The monoisotopic (exact) mass is 311 g/mol. The summed E-state index contributed by atoms with van der Waals surface area (Å²) in [5.41, 5.74) is 9.59. The molecule has 0 bridgehead atoms. The Labute approximate surface area is 131 Å². The molecule has 6 heteroatoms. The molecule has 1 heterocycles. The molecule has 3 rings (SSSR count). The zero-order valence-corrected chi connectivity index (χ0v) is 12.4. The van der Waals surface area contributed by atoms with Gasteiger partial charge < -0.3 is 5.73 Å². The van der Waals surface area contributed by atoms with Gasteiger partial charge in [-0.15, -0.1) is 11.3 Å². The summed E-state index contributed by atoms with van der Waals surface area (Å²) in [7, 11) is 0. The van der Waals surface area contributed by atoms with Gasteiger partial charge in [-0.25, -0.2) is 4.98 Å². The number of nitro groups is 1. The van der Waals surface area contributed by atoms with Gasteiger partial charge in [0.05, 0.1) is 10.6 Å². The molecule has 22 heavy (non-hydrogen) atoms. The van der Waals surface area contributed by atoms with Crippen LogP contribution in [-0.2, 0) is 6.54 Å². The summed E-state index contributed by atoms with van der Waals surface area (Å²) in [6.07, 6.45) is 0. The van der Waals surface area contributed by atoms with Crippen molar-refractivity contribution in [3.8, 4) is 21.8 Å². The zero-order chi connectivity index (χ0) is 15.5. The van der Waals surface area contributed by atoms with Crippen LogP contribution < -0.4 is 5.73 Å². The van der Waals surface area contributed by atoms with Crippen molar-refractivity contribution < 1.29 is 4.92 Å². The first-order valence-electron chi connectivity index (χ1n) is 6.67. The third-order valence-electron chi connectivity index (χ3n) is 3.35. The van der Waals surface area contributed by atoms with Crippen molar-refractivity contribution in [2.24, 2.45) is 5.73 Å². The molecule has 5 nitrogen and oxygen atoms in total. The molecule has 0 saturated carbocycles. The van der Waals surface area contributed by atoms with Crippen molar-refractivity contribution in [3.63, 3.8) is 0 Å². The molecule has 0 unspecified atom stereocenters. The van der Waals surface area contributed by atoms with E-state index in [9.17, 15) is 10.1 Å². The van der Waals surface area contributed by atoms with Crippen LogP contribution in [0.2, 0.25) is 0 Å². The molecule has 2 N–H and O–H groups in total. The van der Waals surface area contributed by atoms with Gasteiger partial charge >= 0.3 is 0 Å². The van der Waals surface area contributed by atoms with Crippen LogP contribution in [0.5, 0.6) is 0 Å². The minimum Gasteiger partial charge on any atom is -0.326 e. The van der Waals surface area contributed by atoms with Crippen LogP contribution in [0.25, 0.3) is 21.8 Å². The summed E-state index contributed by atoms with van der Waals surface area (Å²) in [6, 6.07) is 14.3. The maximum absolute atomic E-state index is 10.7. The molecule has 0 amide bonds. The van der Waals surface area contributed by atoms with E-state index < -0.39 is 4.92 Å². The Morgan fingerprint density at radius 2 is 1.86 bits per heavy atom. The summed E-state index contributed by atoms with van der Waals surface area (Å²) in [5, 5.41) is 13.5. The first-order chi connectivity index (χ1) is 10.7. The summed E-state index contributed by atoms with van der Waals surface area (Å²) in [5.74, 6) is 0. The Morgan fingerprint density at radius 3 is 2.55 bits per heavy atom. The number of hydrogen-bond donors (Lipinski definition) is 1. The molecule has 110 valence electrons. The lowest BCUT2D eigenvalue weighted by Gasteiger charge is -2.03. The Balaban J connectivity index is 1.95. The SMILES string of the molecule is NCc1ccccc1-c1nc(-c2ccc([N+](=O)[O-])cc2)cs1. The lowest BCUT2D eigenvalue weighted by atomic mass is 10.1. The third kappa shape index (κ3) is 2.74.